The zero-order valence-corrected chi connectivity index (χ0v) is 9.67. The molecule has 0 bridgehead atoms. The van der Waals surface area contributed by atoms with Gasteiger partial charge in [-0.25, -0.2) is 13.2 Å². The summed E-state index contributed by atoms with van der Waals surface area (Å²) in [6.07, 6.45) is -0.681. The molecule has 3 atom stereocenters. The third kappa shape index (κ3) is 1.73. The van der Waals surface area contributed by atoms with Crippen molar-refractivity contribution in [2.45, 2.75) is 18.6 Å². The number of nitrogens with one attached hydrogen (secondary N) is 1. The molecule has 0 radical (unpaired) electrons. The lowest BCUT2D eigenvalue weighted by Gasteiger charge is -2.25. The Bertz CT molecular complexity index is 481. The Labute approximate surface area is 103 Å². The van der Waals surface area contributed by atoms with Crippen molar-refractivity contribution in [2.24, 2.45) is 10.9 Å². The van der Waals surface area contributed by atoms with Gasteiger partial charge < -0.3 is 5.32 Å². The van der Waals surface area contributed by atoms with Crippen molar-refractivity contribution in [1.29, 1.82) is 0 Å². The van der Waals surface area contributed by atoms with Crippen molar-refractivity contribution < 1.29 is 13.2 Å². The molecule has 3 unspecified atom stereocenters. The molecule has 0 spiro atoms. The third-order valence-corrected chi connectivity index (χ3v) is 3.65. The molecule has 18 heavy (non-hydrogen) atoms. The molecule has 3 rings (SSSR count). The number of rotatable bonds is 1. The maximum Gasteiger partial charge on any atom is 0.148 e. The Morgan fingerprint density at radius 2 is 1.94 bits per heavy atom. The standard InChI is InChI=1S/C13H13F3N2/c14-8-2-1-3-9(15)11(8)13-12(16)7-6-17-5-4-10(7)18-13/h1-3,7,10,12,17H,4-6H2. The van der Waals surface area contributed by atoms with Crippen LogP contribution in [0.15, 0.2) is 23.2 Å². The van der Waals surface area contributed by atoms with Crippen LogP contribution in [-0.2, 0) is 0 Å². The fourth-order valence-corrected chi connectivity index (χ4v) is 2.73. The topological polar surface area (TPSA) is 24.4 Å². The molecule has 0 amide bonds. The summed E-state index contributed by atoms with van der Waals surface area (Å²) in [7, 11) is 0. The smallest absolute Gasteiger partial charge is 0.148 e. The van der Waals surface area contributed by atoms with Gasteiger partial charge in [-0.15, -0.1) is 0 Å². The molecular formula is C13H13F3N2. The molecule has 0 aliphatic carbocycles. The first-order valence-corrected chi connectivity index (χ1v) is 6.05. The van der Waals surface area contributed by atoms with Crippen LogP contribution in [0.2, 0.25) is 0 Å². The highest BCUT2D eigenvalue weighted by molar-refractivity contribution is 6.05. The van der Waals surface area contributed by atoms with Crippen molar-refractivity contribution in [3.8, 4) is 0 Å². The average Bonchev–Trinajstić information content (AvgIpc) is 2.68. The maximum atomic E-state index is 14.3. The molecular weight excluding hydrogens is 241 g/mol. The second kappa shape index (κ2) is 4.39. The number of hydrogen-bond donors (Lipinski definition) is 1. The van der Waals surface area contributed by atoms with Crippen molar-refractivity contribution in [1.82, 2.24) is 5.32 Å². The van der Waals surface area contributed by atoms with E-state index in [9.17, 15) is 13.2 Å². The maximum absolute atomic E-state index is 14.3. The van der Waals surface area contributed by atoms with Crippen LogP contribution in [0.25, 0.3) is 0 Å². The van der Waals surface area contributed by atoms with Crippen LogP contribution < -0.4 is 5.32 Å². The van der Waals surface area contributed by atoms with E-state index >= 15 is 0 Å². The fraction of sp³-hybridized carbons (Fsp3) is 0.462. The number of piperidine rings is 1. The minimum absolute atomic E-state index is 0.0655. The van der Waals surface area contributed by atoms with Gasteiger partial charge in [0.1, 0.15) is 17.8 Å². The lowest BCUT2D eigenvalue weighted by atomic mass is 9.90. The first-order chi connectivity index (χ1) is 8.68. The summed E-state index contributed by atoms with van der Waals surface area (Å²) >= 11 is 0. The molecule has 2 heterocycles. The Morgan fingerprint density at radius 1 is 1.22 bits per heavy atom. The van der Waals surface area contributed by atoms with E-state index in [-0.39, 0.29) is 23.2 Å². The van der Waals surface area contributed by atoms with E-state index in [0.29, 0.717) is 13.0 Å². The fourth-order valence-electron chi connectivity index (χ4n) is 2.73. The predicted molar refractivity (Wildman–Crippen MR) is 62.6 cm³/mol. The number of nitrogens with zero attached hydrogens (tertiary/aromatic N) is 1. The van der Waals surface area contributed by atoms with Crippen LogP contribution >= 0.6 is 0 Å². The molecule has 1 aromatic rings. The molecule has 1 aromatic carbocycles. The van der Waals surface area contributed by atoms with Crippen LogP contribution in [0, 0.1) is 17.6 Å². The van der Waals surface area contributed by atoms with Gasteiger partial charge >= 0.3 is 0 Å². The Kier molecular flexibility index (Phi) is 2.86. The minimum Gasteiger partial charge on any atom is -0.316 e. The van der Waals surface area contributed by atoms with E-state index in [1.54, 1.807) is 0 Å². The summed E-state index contributed by atoms with van der Waals surface area (Å²) in [4.78, 5) is 4.20. The van der Waals surface area contributed by atoms with Crippen LogP contribution in [0.1, 0.15) is 12.0 Å². The third-order valence-electron chi connectivity index (χ3n) is 3.65. The Morgan fingerprint density at radius 3 is 2.61 bits per heavy atom. The van der Waals surface area contributed by atoms with E-state index in [1.165, 1.54) is 6.07 Å². The zero-order chi connectivity index (χ0) is 12.7. The lowest BCUT2D eigenvalue weighted by molar-refractivity contribution is 0.245. The number of hydrogen-bond acceptors (Lipinski definition) is 2. The summed E-state index contributed by atoms with van der Waals surface area (Å²) in [5, 5.41) is 3.09. The zero-order valence-electron chi connectivity index (χ0n) is 9.67. The number of fused-ring (bicyclic) bond motifs is 1. The van der Waals surface area contributed by atoms with Crippen LogP contribution in [0.4, 0.5) is 13.2 Å². The highest BCUT2D eigenvalue weighted by Gasteiger charge is 2.42. The molecule has 1 fully saturated rings. The van der Waals surface area contributed by atoms with Gasteiger partial charge in [0, 0.05) is 12.5 Å². The summed E-state index contributed by atoms with van der Waals surface area (Å²) in [5.41, 5.74) is -0.372. The van der Waals surface area contributed by atoms with Crippen molar-refractivity contribution in [2.75, 3.05) is 13.1 Å². The highest BCUT2D eigenvalue weighted by Crippen LogP contribution is 2.32. The molecule has 2 aliphatic heterocycles. The summed E-state index contributed by atoms with van der Waals surface area (Å²) in [6.45, 7) is 1.28. The predicted octanol–water partition coefficient (Wildman–Crippen LogP) is 2.08. The van der Waals surface area contributed by atoms with Gasteiger partial charge in [-0.3, -0.25) is 4.99 Å². The lowest BCUT2D eigenvalue weighted by Crippen LogP contribution is -2.41. The van der Waals surface area contributed by atoms with E-state index in [2.05, 4.69) is 10.3 Å². The van der Waals surface area contributed by atoms with E-state index in [1.807, 2.05) is 0 Å². The largest absolute Gasteiger partial charge is 0.316 e. The molecule has 96 valence electrons. The molecule has 0 aromatic heterocycles. The average molecular weight is 254 g/mol. The monoisotopic (exact) mass is 254 g/mol. The van der Waals surface area contributed by atoms with Gasteiger partial charge in [-0.2, -0.15) is 0 Å². The highest BCUT2D eigenvalue weighted by atomic mass is 19.1. The number of benzene rings is 1. The molecule has 1 N–H and O–H groups in total. The van der Waals surface area contributed by atoms with Gasteiger partial charge in [0.25, 0.3) is 0 Å². The molecule has 2 nitrogen and oxygen atoms in total. The molecule has 2 aliphatic rings. The quantitative estimate of drug-likeness (QED) is 0.815. The van der Waals surface area contributed by atoms with Gasteiger partial charge in [-0.05, 0) is 25.1 Å². The summed E-state index contributed by atoms with van der Waals surface area (Å²) < 4.78 is 41.6. The van der Waals surface area contributed by atoms with Gasteiger partial charge in [0.15, 0.2) is 0 Å². The van der Waals surface area contributed by atoms with Crippen molar-refractivity contribution in [3.63, 3.8) is 0 Å². The second-order valence-corrected chi connectivity index (χ2v) is 4.74. The Balaban J connectivity index is 2.02. The van der Waals surface area contributed by atoms with Crippen molar-refractivity contribution >= 4 is 5.71 Å². The van der Waals surface area contributed by atoms with E-state index in [0.717, 1.165) is 18.7 Å². The number of halogens is 3. The molecule has 5 heteroatoms. The first kappa shape index (κ1) is 11.7. The molecule has 1 saturated heterocycles. The van der Waals surface area contributed by atoms with Gasteiger partial charge in [0.2, 0.25) is 0 Å². The van der Waals surface area contributed by atoms with Gasteiger partial charge in [-0.1, -0.05) is 6.07 Å². The SMILES string of the molecule is Fc1cccc(F)c1C1=NC2CCNCC2C1F. The van der Waals surface area contributed by atoms with Crippen LogP contribution in [-0.4, -0.2) is 31.0 Å². The number of alkyl halides is 1. The number of aliphatic imine (C=N–C) groups is 1. The molecule has 0 saturated carbocycles. The van der Waals surface area contributed by atoms with Gasteiger partial charge in [0.05, 0.1) is 17.3 Å². The Hall–Kier alpha value is -1.36. The normalized spacial score (nSPS) is 31.1. The summed E-state index contributed by atoms with van der Waals surface area (Å²) in [5.74, 6) is -1.79. The summed E-state index contributed by atoms with van der Waals surface area (Å²) in [6, 6.07) is 3.38. The first-order valence-electron chi connectivity index (χ1n) is 6.05. The van der Waals surface area contributed by atoms with Crippen molar-refractivity contribution in [3.05, 3.63) is 35.4 Å². The van der Waals surface area contributed by atoms with Crippen LogP contribution in [0.3, 0.4) is 0 Å². The van der Waals surface area contributed by atoms with E-state index in [4.69, 9.17) is 0 Å². The van der Waals surface area contributed by atoms with Crippen LogP contribution in [0.5, 0.6) is 0 Å². The minimum atomic E-state index is -1.39. The van der Waals surface area contributed by atoms with E-state index < -0.39 is 17.8 Å². The second-order valence-electron chi connectivity index (χ2n) is 4.74.